The van der Waals surface area contributed by atoms with E-state index in [9.17, 15) is 37.8 Å². The number of hydrogen-bond acceptors (Lipinski definition) is 15. The molecular formula is C44H50N10O12S. The van der Waals surface area contributed by atoms with Gasteiger partial charge < -0.3 is 34.7 Å². The van der Waals surface area contributed by atoms with Crippen LogP contribution in [0.2, 0.25) is 0 Å². The van der Waals surface area contributed by atoms with Gasteiger partial charge in [-0.25, -0.2) is 24.5 Å². The van der Waals surface area contributed by atoms with E-state index in [1.54, 1.807) is 44.4 Å². The maximum atomic E-state index is 13.2. The molecule has 0 radical (unpaired) electrons. The maximum Gasteiger partial charge on any atom is 0.342 e. The molecule has 23 heteroatoms. The lowest BCUT2D eigenvalue weighted by Crippen LogP contribution is -2.17. The first kappa shape index (κ1) is 47.9. The van der Waals surface area contributed by atoms with E-state index in [-0.39, 0.29) is 73.1 Å². The minimum atomic E-state index is -4.80. The van der Waals surface area contributed by atoms with Crippen LogP contribution in [-0.4, -0.2) is 93.3 Å². The minimum Gasteiger partial charge on any atom is -0.481 e. The van der Waals surface area contributed by atoms with Crippen LogP contribution in [0.15, 0.2) is 41.6 Å². The summed E-state index contributed by atoms with van der Waals surface area (Å²) in [5.74, 6) is 4.66. The van der Waals surface area contributed by atoms with Gasteiger partial charge in [-0.3, -0.25) is 23.6 Å². The average molecular weight is 943 g/mol. The van der Waals surface area contributed by atoms with Gasteiger partial charge in [0.15, 0.2) is 5.82 Å². The second-order valence-electron chi connectivity index (χ2n) is 16.1. The van der Waals surface area contributed by atoms with Gasteiger partial charge in [-0.2, -0.15) is 14.3 Å². The quantitative estimate of drug-likeness (QED) is 0.0212. The van der Waals surface area contributed by atoms with Gasteiger partial charge in [0, 0.05) is 41.9 Å². The highest BCUT2D eigenvalue weighted by atomic mass is 32.2. The number of carbonyl (C=O) groups excluding carboxylic acids is 1. The van der Waals surface area contributed by atoms with E-state index >= 15 is 0 Å². The SMILES string of the molecule is CC1=C(CCC(=O)O)c2cc3[nH]c(cc4nc(cc5[nH]c(cc1n2)c(S(=O)(=O)O)c5C)C(C(C)OCCn1c(OON)cnc1C)=C4C)c(C)c3CCC(=O)OCCn1c([N+](=O)[O-])cnc1C. The third kappa shape index (κ3) is 10.0. The zero-order valence-corrected chi connectivity index (χ0v) is 38.6. The first-order valence-electron chi connectivity index (χ1n) is 21.1. The number of nitrogens with one attached hydrogen (secondary N) is 2. The molecule has 0 amide bonds. The Labute approximate surface area is 383 Å². The third-order valence-corrected chi connectivity index (χ3v) is 13.0. The predicted octanol–water partition coefficient (Wildman–Crippen LogP) is 6.29. The van der Waals surface area contributed by atoms with Crippen LogP contribution in [0, 0.1) is 37.8 Å². The zero-order chi connectivity index (χ0) is 48.5. The smallest absolute Gasteiger partial charge is 0.342 e. The molecular weight excluding hydrogens is 893 g/mol. The zero-order valence-electron chi connectivity index (χ0n) is 37.8. The Morgan fingerprint density at radius 2 is 1.43 bits per heavy atom. The normalized spacial score (nSPS) is 13.4. The molecule has 8 bridgehead atoms. The Bertz CT molecular complexity index is 3160. The van der Waals surface area contributed by atoms with Crippen molar-refractivity contribution in [1.29, 1.82) is 0 Å². The van der Waals surface area contributed by atoms with Crippen molar-refractivity contribution in [3.63, 3.8) is 0 Å². The lowest BCUT2D eigenvalue weighted by molar-refractivity contribution is -0.392. The van der Waals surface area contributed by atoms with Crippen LogP contribution in [0.25, 0.3) is 44.4 Å². The number of imidazole rings is 2. The van der Waals surface area contributed by atoms with E-state index in [0.29, 0.717) is 74.2 Å². The summed E-state index contributed by atoms with van der Waals surface area (Å²) in [5.41, 5.74) is 7.72. The summed E-state index contributed by atoms with van der Waals surface area (Å²) in [6.07, 6.45) is 2.05. The molecule has 7 heterocycles. The first-order valence-corrected chi connectivity index (χ1v) is 22.6. The number of nitrogens with zero attached hydrogens (tertiary/aromatic N) is 7. The number of ether oxygens (including phenoxy) is 2. The summed E-state index contributed by atoms with van der Waals surface area (Å²) < 4.78 is 51.7. The molecule has 2 aliphatic rings. The molecule has 0 saturated carbocycles. The van der Waals surface area contributed by atoms with Crippen LogP contribution in [0.3, 0.4) is 0 Å². The van der Waals surface area contributed by atoms with Gasteiger partial charge >= 0.3 is 17.8 Å². The number of H-pyrrole nitrogens is 2. The standard InChI is InChI=1S/C44H50N10O12S/c1-22-29(8-10-41(55)56)35-19-36-30(9-11-42(57)64-15-12-52-27(6)46-20-39(52)54(58)59)23(2)31(48-36)16-33-24(3)43(26(5)63-14-13-53-28(7)47-21-40(53)65-66-45)37(50-33)17-34-25(4)44(67(60,61)62)38(51-34)18-32(22)49-35/h16-21,26,48,51H,8-15,45H2,1-7H3,(H,55,56)(H,60,61,62). The van der Waals surface area contributed by atoms with Crippen LogP contribution in [-0.2, 0) is 53.7 Å². The molecule has 0 saturated heterocycles. The van der Waals surface area contributed by atoms with Gasteiger partial charge in [0.05, 0.1) is 53.7 Å². The topological polar surface area (TPSA) is 308 Å². The number of aryl methyl sites for hydroxylation is 5. The number of hydrogen-bond donors (Lipinski definition) is 5. The average Bonchev–Trinajstić information content (AvgIpc) is 4.08. The third-order valence-electron chi connectivity index (χ3n) is 12.0. The van der Waals surface area contributed by atoms with E-state index in [1.165, 1.54) is 16.8 Å². The second-order valence-corrected chi connectivity index (χ2v) is 17.5. The molecule has 0 aromatic carbocycles. The van der Waals surface area contributed by atoms with Crippen molar-refractivity contribution in [2.24, 2.45) is 5.90 Å². The number of nitro groups is 1. The number of aliphatic carboxylic acids is 1. The summed E-state index contributed by atoms with van der Waals surface area (Å²) in [6.45, 7) is 12.8. The van der Waals surface area contributed by atoms with Crippen molar-refractivity contribution < 1.29 is 51.9 Å². The Kier molecular flexibility index (Phi) is 13.9. The molecule has 0 spiro atoms. The lowest BCUT2D eigenvalue weighted by atomic mass is 10.00. The number of carboxylic acid groups (broad SMARTS) is 1. The second kappa shape index (κ2) is 19.4. The van der Waals surface area contributed by atoms with E-state index in [2.05, 4.69) is 24.9 Å². The van der Waals surface area contributed by atoms with Crippen molar-refractivity contribution in [1.82, 2.24) is 39.0 Å². The fourth-order valence-electron chi connectivity index (χ4n) is 8.48. The Hall–Kier alpha value is -7.05. The largest absolute Gasteiger partial charge is 0.481 e. The molecule has 1 atom stereocenters. The highest BCUT2D eigenvalue weighted by Gasteiger charge is 2.27. The molecule has 22 nitrogen and oxygen atoms in total. The van der Waals surface area contributed by atoms with Gasteiger partial charge in [-0.05, 0) is 117 Å². The van der Waals surface area contributed by atoms with Crippen molar-refractivity contribution in [2.45, 2.75) is 98.2 Å². The number of aromatic amines is 2. The summed E-state index contributed by atoms with van der Waals surface area (Å²) >= 11 is 0. The summed E-state index contributed by atoms with van der Waals surface area (Å²) in [5, 5.41) is 21.2. The van der Waals surface area contributed by atoms with Gasteiger partial charge in [-0.15, -0.1) is 0 Å². The number of allylic oxidation sites excluding steroid dienone is 3. The van der Waals surface area contributed by atoms with Gasteiger partial charge in [-0.1, -0.05) is 4.99 Å². The van der Waals surface area contributed by atoms with E-state index in [4.69, 9.17) is 30.2 Å². The molecule has 2 aliphatic heterocycles. The molecule has 7 rings (SSSR count). The van der Waals surface area contributed by atoms with Crippen molar-refractivity contribution in [3.8, 4) is 5.88 Å². The van der Waals surface area contributed by atoms with Crippen LogP contribution in [0.1, 0.15) is 91.1 Å². The number of carbonyl (C=O) groups is 2. The van der Waals surface area contributed by atoms with E-state index in [1.807, 2.05) is 26.8 Å². The first-order chi connectivity index (χ1) is 31.8. The maximum absolute atomic E-state index is 13.2. The highest BCUT2D eigenvalue weighted by Crippen LogP contribution is 2.38. The van der Waals surface area contributed by atoms with Crippen LogP contribution in [0.5, 0.6) is 5.88 Å². The van der Waals surface area contributed by atoms with Crippen LogP contribution < -0.4 is 10.8 Å². The van der Waals surface area contributed by atoms with Crippen LogP contribution >= 0.6 is 0 Å². The number of aromatic nitrogens is 8. The number of fused-ring (bicyclic) bond motifs is 8. The molecule has 1 unspecified atom stereocenters. The number of rotatable bonds is 18. The fraction of sp³-hybridized carbons (Fsp3) is 0.364. The Balaban J connectivity index is 1.36. The molecule has 67 heavy (non-hydrogen) atoms. The number of nitrogens with two attached hydrogens (primary N) is 1. The van der Waals surface area contributed by atoms with E-state index < -0.39 is 33.1 Å². The number of esters is 1. The molecule has 5 aromatic rings. The monoisotopic (exact) mass is 942 g/mol. The summed E-state index contributed by atoms with van der Waals surface area (Å²) in [4.78, 5) is 69.8. The minimum absolute atomic E-state index is 0.0339. The predicted molar refractivity (Wildman–Crippen MR) is 243 cm³/mol. The van der Waals surface area contributed by atoms with Crippen LogP contribution in [0.4, 0.5) is 5.82 Å². The van der Waals surface area contributed by atoms with Gasteiger partial charge in [0.2, 0.25) is 0 Å². The van der Waals surface area contributed by atoms with Crippen molar-refractivity contribution >= 4 is 72.2 Å². The Morgan fingerprint density at radius 3 is 2.13 bits per heavy atom. The molecule has 6 N–H and O–H groups in total. The summed E-state index contributed by atoms with van der Waals surface area (Å²) in [7, 11) is -4.80. The highest BCUT2D eigenvalue weighted by molar-refractivity contribution is 7.86. The molecule has 5 aromatic heterocycles. The van der Waals surface area contributed by atoms with Gasteiger partial charge in [0.25, 0.3) is 16.0 Å². The van der Waals surface area contributed by atoms with Gasteiger partial charge in [0.1, 0.15) is 30.1 Å². The molecule has 354 valence electrons. The van der Waals surface area contributed by atoms with Crippen molar-refractivity contribution in [3.05, 3.63) is 97.9 Å². The molecule has 0 aliphatic carbocycles. The summed E-state index contributed by atoms with van der Waals surface area (Å²) in [6, 6.07) is 6.81. The fourth-order valence-corrected chi connectivity index (χ4v) is 9.37. The lowest BCUT2D eigenvalue weighted by Gasteiger charge is -2.17. The van der Waals surface area contributed by atoms with Crippen molar-refractivity contribution in [2.75, 3.05) is 13.2 Å². The van der Waals surface area contributed by atoms with E-state index in [0.717, 1.165) is 22.9 Å². The number of carboxylic acids is 1. The Morgan fingerprint density at radius 1 is 0.821 bits per heavy atom. The molecule has 0 fully saturated rings.